The van der Waals surface area contributed by atoms with E-state index < -0.39 is 87.6 Å². The molecule has 1 unspecified atom stereocenters. The van der Waals surface area contributed by atoms with Crippen molar-refractivity contribution in [2.45, 2.75) is 96.5 Å². The number of ether oxygens (including phenoxy) is 4. The number of rotatable bonds is 21. The quantitative estimate of drug-likeness (QED) is 0.0349. The molecule has 0 aromatic heterocycles. The molecule has 0 aliphatic rings. The fourth-order valence-electron chi connectivity index (χ4n) is 3.26. The van der Waals surface area contributed by atoms with Crippen LogP contribution in [0.25, 0.3) is 0 Å². The fraction of sp³-hybridized carbons (Fsp3) is 0.846. The highest BCUT2D eigenvalue weighted by molar-refractivity contribution is 7.73. The Bertz CT molecular complexity index is 1110. The van der Waals surface area contributed by atoms with E-state index >= 15 is 0 Å². The topological polar surface area (TPSA) is 321 Å². The number of nitrogens with two attached hydrogens (primary N) is 3. The minimum Gasteiger partial charge on any atom is -0.462 e. The minimum atomic E-state index is -5.74. The van der Waals surface area contributed by atoms with Crippen LogP contribution in [0.2, 0.25) is 0 Å². The Morgan fingerprint density at radius 3 is 1.38 bits per heavy atom. The van der Waals surface area contributed by atoms with Crippen LogP contribution in [0.1, 0.15) is 68.2 Å². The van der Waals surface area contributed by atoms with Crippen molar-refractivity contribution in [2.24, 2.45) is 29.0 Å². The van der Waals surface area contributed by atoms with Gasteiger partial charge in [0.25, 0.3) is 5.08 Å². The van der Waals surface area contributed by atoms with E-state index in [1.165, 1.54) is 27.7 Å². The van der Waals surface area contributed by atoms with Gasteiger partial charge in [0.15, 0.2) is 0 Å². The first-order chi connectivity index (χ1) is 21.7. The summed E-state index contributed by atoms with van der Waals surface area (Å²) in [6.45, 7) is 9.28. The lowest BCUT2D eigenvalue weighted by Gasteiger charge is -2.34. The van der Waals surface area contributed by atoms with Crippen LogP contribution < -0.4 is 27.8 Å². The molecule has 0 radical (unpaired) electrons. The van der Waals surface area contributed by atoms with Gasteiger partial charge in [-0.1, -0.05) is 27.7 Å². The van der Waals surface area contributed by atoms with Crippen molar-refractivity contribution < 1.29 is 71.2 Å². The van der Waals surface area contributed by atoms with Gasteiger partial charge in [-0.25, -0.2) is 9.59 Å². The van der Waals surface area contributed by atoms with Gasteiger partial charge in [-0.3, -0.25) is 27.8 Å². The van der Waals surface area contributed by atoms with Crippen LogP contribution in [0, 0.1) is 11.8 Å². The van der Waals surface area contributed by atoms with Crippen molar-refractivity contribution in [3.8, 4) is 0 Å². The van der Waals surface area contributed by atoms with Crippen molar-refractivity contribution in [1.82, 2.24) is 10.6 Å². The normalized spacial score (nSPS) is 15.2. The number of carbonyl (C=O) groups excluding carboxylic acids is 4. The maximum atomic E-state index is 13.7. The average molecular weight is 738 g/mol. The number of esters is 2. The molecule has 0 aromatic rings. The average Bonchev–Trinajstić information content (AvgIpc) is 2.95. The molecule has 0 bridgehead atoms. The molecule has 48 heavy (non-hydrogen) atoms. The summed E-state index contributed by atoms with van der Waals surface area (Å²) in [4.78, 5) is 68.7. The maximum absolute atomic E-state index is 13.7. The van der Waals surface area contributed by atoms with Crippen LogP contribution in [-0.2, 0) is 46.7 Å². The van der Waals surface area contributed by atoms with E-state index in [1.54, 1.807) is 27.7 Å². The summed E-state index contributed by atoms with van der Waals surface area (Å²) in [5.74, 6) is -1.83. The Morgan fingerprint density at radius 2 is 1.08 bits per heavy atom. The van der Waals surface area contributed by atoms with E-state index in [2.05, 4.69) is 10.6 Å². The van der Waals surface area contributed by atoms with Crippen LogP contribution in [-0.4, -0.2) is 101 Å². The minimum absolute atomic E-state index is 0.205. The highest BCUT2D eigenvalue weighted by Crippen LogP contribution is 2.74. The van der Waals surface area contributed by atoms with Crippen LogP contribution >= 0.6 is 15.2 Å². The number of carbonyl (C=O) groups is 4. The van der Waals surface area contributed by atoms with Gasteiger partial charge in [0.2, 0.25) is 13.6 Å². The number of amides is 2. The van der Waals surface area contributed by atoms with Gasteiger partial charge < -0.3 is 61.7 Å². The molecule has 0 saturated heterocycles. The summed E-state index contributed by atoms with van der Waals surface area (Å²) < 4.78 is 55.8. The van der Waals surface area contributed by atoms with Crippen molar-refractivity contribution >= 4 is 39.3 Å². The molecule has 3 atom stereocenters. The molecule has 0 aliphatic heterocycles. The molecule has 0 rings (SSSR count). The third kappa shape index (κ3) is 15.0. The predicted octanol–water partition coefficient (Wildman–Crippen LogP) is 0.753. The van der Waals surface area contributed by atoms with E-state index in [0.29, 0.717) is 0 Å². The first-order valence-corrected chi connectivity index (χ1v) is 18.0. The summed E-state index contributed by atoms with van der Waals surface area (Å²) in [7, 11) is -11.2. The van der Waals surface area contributed by atoms with Crippen LogP contribution in [0.4, 0.5) is 9.59 Å². The summed E-state index contributed by atoms with van der Waals surface area (Å²) in [5, 5.41) is 12.1. The molecule has 2 amide bonds. The van der Waals surface area contributed by atoms with Crippen molar-refractivity contribution in [1.29, 1.82) is 0 Å². The predicted molar refractivity (Wildman–Crippen MR) is 170 cm³/mol. The van der Waals surface area contributed by atoms with Gasteiger partial charge in [-0.15, -0.1) is 0 Å². The molecule has 0 saturated carbocycles. The van der Waals surface area contributed by atoms with Gasteiger partial charge in [0, 0.05) is 6.42 Å². The molecular formula is C26H53N5O15P2. The molecule has 0 fully saturated rings. The molecular weight excluding hydrogens is 684 g/mol. The fourth-order valence-corrected chi connectivity index (χ4v) is 6.64. The van der Waals surface area contributed by atoms with E-state index in [-0.39, 0.29) is 38.0 Å². The second kappa shape index (κ2) is 19.1. The molecule has 0 aliphatic carbocycles. The van der Waals surface area contributed by atoms with Crippen LogP contribution in [0.3, 0.4) is 0 Å². The SMILES string of the molecule is CC(C)[C@H](N)C(=O)OCC(C)(C)NC(=O)OCOP(=O)(OCOC(=O)NC(C)(C)COC(=O)[C@@H](N)C(C)C)C(O)(CCCN)P(=O)(O)O. The summed E-state index contributed by atoms with van der Waals surface area (Å²) >= 11 is 0. The summed E-state index contributed by atoms with van der Waals surface area (Å²) in [6.07, 6.45) is -3.62. The Balaban J connectivity index is 5.57. The first-order valence-electron chi connectivity index (χ1n) is 14.9. The third-order valence-corrected chi connectivity index (χ3v) is 11.1. The number of alkyl carbamates (subject to hydrolysis) is 2. The van der Waals surface area contributed by atoms with Gasteiger partial charge in [0.1, 0.15) is 25.3 Å². The number of nitrogens with one attached hydrogen (secondary N) is 2. The molecule has 22 heteroatoms. The molecule has 282 valence electrons. The van der Waals surface area contributed by atoms with E-state index in [4.69, 9.17) is 45.2 Å². The zero-order chi connectivity index (χ0) is 37.7. The Hall–Kier alpha value is -2.38. The number of hydrogen-bond acceptors (Lipinski definition) is 16. The number of hydrogen-bond donors (Lipinski definition) is 8. The molecule has 0 spiro atoms. The van der Waals surface area contributed by atoms with Crippen molar-refractivity contribution in [2.75, 3.05) is 33.3 Å². The maximum Gasteiger partial charge on any atom is 0.409 e. The second-order valence-electron chi connectivity index (χ2n) is 12.8. The lowest BCUT2D eigenvalue weighted by molar-refractivity contribution is -0.149. The van der Waals surface area contributed by atoms with Crippen molar-refractivity contribution in [3.05, 3.63) is 0 Å². The molecule has 0 aromatic carbocycles. The zero-order valence-corrected chi connectivity index (χ0v) is 30.4. The van der Waals surface area contributed by atoms with E-state index in [9.17, 15) is 43.2 Å². The van der Waals surface area contributed by atoms with Gasteiger partial charge in [-0.2, -0.15) is 0 Å². The van der Waals surface area contributed by atoms with Crippen molar-refractivity contribution in [3.63, 3.8) is 0 Å². The Labute approximate surface area is 280 Å². The highest BCUT2D eigenvalue weighted by Gasteiger charge is 2.62. The van der Waals surface area contributed by atoms with Gasteiger partial charge in [-0.05, 0) is 52.5 Å². The monoisotopic (exact) mass is 737 g/mol. The van der Waals surface area contributed by atoms with Gasteiger partial charge in [0.05, 0.1) is 11.1 Å². The smallest absolute Gasteiger partial charge is 0.409 e. The largest absolute Gasteiger partial charge is 0.462 e. The summed E-state index contributed by atoms with van der Waals surface area (Å²) in [5.41, 5.74) is 14.4. The third-order valence-electron chi connectivity index (χ3n) is 6.46. The second-order valence-corrected chi connectivity index (χ2v) is 17.3. The number of aliphatic hydroxyl groups is 1. The molecule has 20 nitrogen and oxygen atoms in total. The molecule has 11 N–H and O–H groups in total. The first kappa shape index (κ1) is 45.6. The lowest BCUT2D eigenvalue weighted by atomic mass is 10.1. The van der Waals surface area contributed by atoms with E-state index in [1.807, 2.05) is 0 Å². The lowest BCUT2D eigenvalue weighted by Crippen LogP contribution is -2.49. The van der Waals surface area contributed by atoms with Crippen LogP contribution in [0.15, 0.2) is 0 Å². The Morgan fingerprint density at radius 1 is 0.729 bits per heavy atom. The van der Waals surface area contributed by atoms with E-state index in [0.717, 1.165) is 0 Å². The zero-order valence-electron chi connectivity index (χ0n) is 28.6. The molecule has 0 heterocycles. The Kier molecular flexibility index (Phi) is 18.2. The van der Waals surface area contributed by atoms with Crippen LogP contribution in [0.5, 0.6) is 0 Å². The van der Waals surface area contributed by atoms with Gasteiger partial charge >= 0.3 is 39.3 Å². The highest BCUT2D eigenvalue weighted by atomic mass is 31.2. The summed E-state index contributed by atoms with van der Waals surface area (Å²) in [6, 6.07) is -1.80. The standard InChI is InChI=1S/C26H53N5O15P2/c1-16(2)18(28)20(32)41-12-24(5,6)30-22(34)43-14-45-48(40,26(36,10-9-11-27)47(37,38)39)46-15-44-23(35)31-25(7,8)13-42-21(33)19(29)17(3)4/h16-19,36H,9-15,27-29H2,1-8H3,(H,30,34)(H,31,35)(H2,37,38,39)/t18-,19-,26?/m0/s1.